The molecule has 174 valence electrons. The lowest BCUT2D eigenvalue weighted by atomic mass is 9.99. The molecule has 3 aromatic rings. The molecule has 0 bridgehead atoms. The predicted octanol–water partition coefficient (Wildman–Crippen LogP) is 4.49. The maximum atomic E-state index is 13.5. The summed E-state index contributed by atoms with van der Waals surface area (Å²) < 4.78 is 1.56. The molecular weight excluding hydrogens is 456 g/mol. The Hall–Kier alpha value is -3.70. The first-order chi connectivity index (χ1) is 16.5. The minimum Gasteiger partial charge on any atom is -0.481 e. The van der Waals surface area contributed by atoms with Crippen LogP contribution >= 0.6 is 11.6 Å². The molecule has 0 radical (unpaired) electrons. The van der Waals surface area contributed by atoms with Crippen molar-refractivity contribution in [3.05, 3.63) is 69.2 Å². The molecular formula is C25H23ClN4O4. The summed E-state index contributed by atoms with van der Waals surface area (Å²) in [5.41, 5.74) is 2.47. The molecule has 4 rings (SSSR count). The molecule has 8 nitrogen and oxygen atoms in total. The Morgan fingerprint density at radius 3 is 2.76 bits per heavy atom. The van der Waals surface area contributed by atoms with Crippen LogP contribution in [0.2, 0.25) is 5.02 Å². The Kier molecular flexibility index (Phi) is 7.24. The summed E-state index contributed by atoms with van der Waals surface area (Å²) in [6, 6.07) is 14.5. The monoisotopic (exact) mass is 478 g/mol. The molecule has 0 spiro atoms. The number of aryl methyl sites for hydroxylation is 1. The third-order valence-corrected chi connectivity index (χ3v) is 6.01. The number of unbranched alkanes of at least 4 members (excludes halogenated alkanes) is 1. The molecule has 1 aliphatic rings. The standard InChI is InChI=1S/C25H23ClN4O4/c26-18-7-9-19(10-8-18)30-23(3-1-2-4-24(31)32)28-22-13-17(6-11-20(22)25(30)33)21-12-5-16(14-27)15-34-29-21/h6-11,13,16H,1-5,12,15H2,(H,31,32). The number of halogens is 1. The predicted molar refractivity (Wildman–Crippen MR) is 128 cm³/mol. The average molecular weight is 479 g/mol. The number of aromatic nitrogens is 2. The third kappa shape index (κ3) is 5.26. The van der Waals surface area contributed by atoms with Gasteiger partial charge < -0.3 is 9.94 Å². The summed E-state index contributed by atoms with van der Waals surface area (Å²) in [6.45, 7) is 0.262. The quantitative estimate of drug-likeness (QED) is 0.500. The Morgan fingerprint density at radius 2 is 2.03 bits per heavy atom. The molecule has 1 aromatic heterocycles. The van der Waals surface area contributed by atoms with E-state index in [2.05, 4.69) is 11.2 Å². The number of rotatable bonds is 7. The van der Waals surface area contributed by atoms with Crippen molar-refractivity contribution in [3.63, 3.8) is 0 Å². The number of carboxylic acids is 1. The van der Waals surface area contributed by atoms with Crippen LogP contribution in [0, 0.1) is 17.2 Å². The normalized spacial score (nSPS) is 15.8. The van der Waals surface area contributed by atoms with E-state index in [9.17, 15) is 9.59 Å². The molecule has 1 unspecified atom stereocenters. The highest BCUT2D eigenvalue weighted by atomic mass is 35.5. The zero-order valence-electron chi connectivity index (χ0n) is 18.4. The topological polar surface area (TPSA) is 118 Å². The van der Waals surface area contributed by atoms with Gasteiger partial charge in [0.1, 0.15) is 12.4 Å². The van der Waals surface area contributed by atoms with E-state index in [-0.39, 0.29) is 24.5 Å². The molecule has 0 saturated heterocycles. The van der Waals surface area contributed by atoms with Gasteiger partial charge in [0.15, 0.2) is 0 Å². The lowest BCUT2D eigenvalue weighted by Crippen LogP contribution is -2.24. The van der Waals surface area contributed by atoms with E-state index >= 15 is 0 Å². The molecule has 1 N–H and O–H groups in total. The first kappa shape index (κ1) is 23.5. The molecule has 0 aliphatic carbocycles. The second kappa shape index (κ2) is 10.5. The summed E-state index contributed by atoms with van der Waals surface area (Å²) >= 11 is 6.03. The van der Waals surface area contributed by atoms with Crippen LogP contribution in [-0.4, -0.2) is 32.9 Å². The van der Waals surface area contributed by atoms with Gasteiger partial charge in [0.25, 0.3) is 5.56 Å². The lowest BCUT2D eigenvalue weighted by molar-refractivity contribution is -0.137. The van der Waals surface area contributed by atoms with Crippen LogP contribution in [-0.2, 0) is 16.1 Å². The number of nitrogens with zero attached hydrogens (tertiary/aromatic N) is 4. The zero-order valence-corrected chi connectivity index (χ0v) is 19.2. The fourth-order valence-electron chi connectivity index (χ4n) is 3.94. The summed E-state index contributed by atoms with van der Waals surface area (Å²) in [6.07, 6.45) is 2.80. The highest BCUT2D eigenvalue weighted by molar-refractivity contribution is 6.30. The number of carbonyl (C=O) groups is 1. The van der Waals surface area contributed by atoms with Crippen molar-refractivity contribution in [1.29, 1.82) is 5.26 Å². The van der Waals surface area contributed by atoms with E-state index in [4.69, 9.17) is 31.8 Å². The summed E-state index contributed by atoms with van der Waals surface area (Å²) in [7, 11) is 0. The van der Waals surface area contributed by atoms with E-state index in [0.717, 1.165) is 5.56 Å². The largest absolute Gasteiger partial charge is 0.481 e. The van der Waals surface area contributed by atoms with Crippen LogP contribution < -0.4 is 5.56 Å². The van der Waals surface area contributed by atoms with Gasteiger partial charge in [0.2, 0.25) is 0 Å². The van der Waals surface area contributed by atoms with Crippen LogP contribution in [0.25, 0.3) is 16.6 Å². The molecule has 1 aliphatic heterocycles. The van der Waals surface area contributed by atoms with Crippen LogP contribution in [0.15, 0.2) is 52.4 Å². The molecule has 0 saturated carbocycles. The van der Waals surface area contributed by atoms with E-state index < -0.39 is 5.97 Å². The maximum Gasteiger partial charge on any atom is 0.303 e. The number of hydrogen-bond donors (Lipinski definition) is 1. The number of aliphatic carboxylic acids is 1. The highest BCUT2D eigenvalue weighted by Gasteiger charge is 2.18. The first-order valence-electron chi connectivity index (χ1n) is 11.1. The lowest BCUT2D eigenvalue weighted by Gasteiger charge is -2.14. The van der Waals surface area contributed by atoms with Gasteiger partial charge in [-0.25, -0.2) is 4.98 Å². The van der Waals surface area contributed by atoms with Crippen LogP contribution in [0.3, 0.4) is 0 Å². The number of carboxylic acid groups (broad SMARTS) is 1. The zero-order chi connectivity index (χ0) is 24.1. The number of nitriles is 1. The SMILES string of the molecule is N#CC1CCC(c2ccc3c(=O)n(-c4ccc(Cl)cc4)c(CCCCC(=O)O)nc3c2)=NOC1. The van der Waals surface area contributed by atoms with E-state index in [1.807, 2.05) is 12.1 Å². The van der Waals surface area contributed by atoms with Crippen molar-refractivity contribution in [3.8, 4) is 11.8 Å². The number of oxime groups is 1. The van der Waals surface area contributed by atoms with Gasteiger partial charge in [-0.3, -0.25) is 14.2 Å². The maximum absolute atomic E-state index is 13.5. The van der Waals surface area contributed by atoms with E-state index in [0.29, 0.717) is 65.3 Å². The average Bonchev–Trinajstić information content (AvgIpc) is 3.08. The van der Waals surface area contributed by atoms with E-state index in [1.54, 1.807) is 34.9 Å². The van der Waals surface area contributed by atoms with Gasteiger partial charge in [-0.05, 0) is 62.1 Å². The van der Waals surface area contributed by atoms with Crippen LogP contribution in [0.4, 0.5) is 0 Å². The number of hydrogen-bond acceptors (Lipinski definition) is 6. The van der Waals surface area contributed by atoms with Crippen molar-refractivity contribution in [2.75, 3.05) is 6.61 Å². The fraction of sp³-hybridized carbons (Fsp3) is 0.320. The van der Waals surface area contributed by atoms with Crippen molar-refractivity contribution in [2.24, 2.45) is 11.1 Å². The van der Waals surface area contributed by atoms with Crippen molar-refractivity contribution >= 4 is 34.2 Å². The van der Waals surface area contributed by atoms with Crippen molar-refractivity contribution in [1.82, 2.24) is 9.55 Å². The van der Waals surface area contributed by atoms with Gasteiger partial charge in [-0.1, -0.05) is 22.8 Å². The molecule has 1 atom stereocenters. The second-order valence-electron chi connectivity index (χ2n) is 8.18. The Morgan fingerprint density at radius 1 is 1.24 bits per heavy atom. The molecule has 0 amide bonds. The third-order valence-electron chi connectivity index (χ3n) is 5.76. The van der Waals surface area contributed by atoms with Crippen molar-refractivity contribution in [2.45, 2.75) is 38.5 Å². The minimum atomic E-state index is -0.851. The second-order valence-corrected chi connectivity index (χ2v) is 8.61. The first-order valence-corrected chi connectivity index (χ1v) is 11.5. The minimum absolute atomic E-state index is 0.0619. The molecule has 2 heterocycles. The van der Waals surface area contributed by atoms with Crippen LogP contribution in [0.5, 0.6) is 0 Å². The van der Waals surface area contributed by atoms with Crippen LogP contribution in [0.1, 0.15) is 43.5 Å². The summed E-state index contributed by atoms with van der Waals surface area (Å²) in [5, 5.41) is 23.3. The Balaban J connectivity index is 1.75. The van der Waals surface area contributed by atoms with Gasteiger partial charge in [-0.2, -0.15) is 5.26 Å². The summed E-state index contributed by atoms with van der Waals surface area (Å²) in [4.78, 5) is 34.5. The van der Waals surface area contributed by atoms with Crippen molar-refractivity contribution < 1.29 is 14.7 Å². The highest BCUT2D eigenvalue weighted by Crippen LogP contribution is 2.21. The van der Waals surface area contributed by atoms with E-state index in [1.165, 1.54) is 0 Å². The van der Waals surface area contributed by atoms with Gasteiger partial charge >= 0.3 is 5.97 Å². The summed E-state index contributed by atoms with van der Waals surface area (Å²) in [5.74, 6) is -0.508. The molecule has 34 heavy (non-hydrogen) atoms. The smallest absolute Gasteiger partial charge is 0.303 e. The van der Waals surface area contributed by atoms with Gasteiger partial charge in [0.05, 0.1) is 34.3 Å². The Bertz CT molecular complexity index is 1340. The number of fused-ring (bicyclic) bond motifs is 1. The van der Waals surface area contributed by atoms with Gasteiger partial charge in [0, 0.05) is 23.4 Å². The molecule has 0 fully saturated rings. The molecule has 9 heteroatoms. The Labute approximate surface area is 201 Å². The fourth-order valence-corrected chi connectivity index (χ4v) is 4.06. The number of benzene rings is 2. The van der Waals surface area contributed by atoms with Gasteiger partial charge in [-0.15, -0.1) is 0 Å². The molecule has 2 aromatic carbocycles.